The number of pyridine rings is 3. The Morgan fingerprint density at radius 1 is 0.643 bits per heavy atom. The van der Waals surface area contributed by atoms with Crippen LogP contribution in [-0.4, -0.2) is 15.0 Å². The number of benzene rings is 1. The summed E-state index contributed by atoms with van der Waals surface area (Å²) >= 11 is 0. The van der Waals surface area contributed by atoms with E-state index in [1.807, 2.05) is 36.4 Å². The van der Waals surface area contributed by atoms with Gasteiger partial charge in [-0.2, -0.15) is 0 Å². The molecule has 0 aliphatic carbocycles. The zero-order valence-corrected chi connectivity index (χ0v) is 15.9. The summed E-state index contributed by atoms with van der Waals surface area (Å²) in [5, 5.41) is 2.53. The quantitative estimate of drug-likeness (QED) is 0.486. The summed E-state index contributed by atoms with van der Waals surface area (Å²) in [6, 6.07) is 16.9. The number of aromatic nitrogens is 3. The Balaban J connectivity index is 2.07. The summed E-state index contributed by atoms with van der Waals surface area (Å²) in [6.45, 7) is 0. The van der Waals surface area contributed by atoms with Crippen molar-refractivity contribution in [1.82, 2.24) is 15.0 Å². The second-order valence-corrected chi connectivity index (χ2v) is 10.3. The Hall–Kier alpha value is -3.04. The molecule has 6 heteroatoms. The van der Waals surface area contributed by atoms with Crippen LogP contribution in [0.15, 0.2) is 97.8 Å². The molecular weight excluding hydrogens is 375 g/mol. The fraction of sp³-hybridized carbons (Fsp3) is 0.0455. The van der Waals surface area contributed by atoms with Gasteiger partial charge in [-0.15, -0.1) is 0 Å². The van der Waals surface area contributed by atoms with Crippen molar-refractivity contribution >= 4 is 23.2 Å². The van der Waals surface area contributed by atoms with Crippen LogP contribution in [0.1, 0.15) is 11.5 Å². The zero-order valence-electron chi connectivity index (χ0n) is 14.9. The van der Waals surface area contributed by atoms with E-state index in [-0.39, 0.29) is 0 Å². The van der Waals surface area contributed by atoms with Crippen molar-refractivity contribution in [2.75, 3.05) is 0 Å². The van der Waals surface area contributed by atoms with Crippen LogP contribution in [0.5, 0.6) is 0 Å². The molecule has 1 aromatic carbocycles. The number of hydrogen-bond donors (Lipinski definition) is 0. The van der Waals surface area contributed by atoms with Gasteiger partial charge in [-0.3, -0.25) is 0 Å². The molecule has 0 aliphatic rings. The fourth-order valence-electron chi connectivity index (χ4n) is 3.70. The second-order valence-electron chi connectivity index (χ2n) is 6.43. The van der Waals surface area contributed by atoms with Gasteiger partial charge in [0.25, 0.3) is 0 Å². The maximum atomic E-state index is 16.5. The first kappa shape index (κ1) is 18.3. The first-order valence-corrected chi connectivity index (χ1v) is 10.9. The van der Waals surface area contributed by atoms with E-state index in [0.717, 1.165) is 15.9 Å². The summed E-state index contributed by atoms with van der Waals surface area (Å²) in [4.78, 5) is 12.3. The third-order valence-corrected chi connectivity index (χ3v) is 9.75. The van der Waals surface area contributed by atoms with Gasteiger partial charge in [0.1, 0.15) is 0 Å². The van der Waals surface area contributed by atoms with E-state index in [1.54, 1.807) is 49.3 Å². The molecule has 0 bridgehead atoms. The van der Waals surface area contributed by atoms with Crippen molar-refractivity contribution in [3.63, 3.8) is 0 Å². The van der Waals surface area contributed by atoms with Gasteiger partial charge in [0.2, 0.25) is 0 Å². The number of hydrogen-bond acceptors (Lipinski definition) is 3. The predicted molar refractivity (Wildman–Crippen MR) is 110 cm³/mol. The molecule has 3 nitrogen and oxygen atoms in total. The first-order valence-electron chi connectivity index (χ1n) is 8.84. The van der Waals surface area contributed by atoms with Crippen molar-refractivity contribution in [3.05, 3.63) is 109 Å². The van der Waals surface area contributed by atoms with Crippen LogP contribution in [0.4, 0.5) is 8.78 Å². The van der Waals surface area contributed by atoms with Gasteiger partial charge in [0.15, 0.2) is 0 Å². The molecule has 3 aromatic heterocycles. The van der Waals surface area contributed by atoms with Gasteiger partial charge in [0, 0.05) is 0 Å². The molecule has 0 aliphatic heterocycles. The normalized spacial score (nSPS) is 13.1. The molecule has 0 saturated heterocycles. The molecule has 0 saturated carbocycles. The molecule has 0 N–H and O–H groups in total. The first-order chi connectivity index (χ1) is 13.7. The minimum absolute atomic E-state index is 0.317. The fourth-order valence-corrected chi connectivity index (χ4v) is 8.28. The van der Waals surface area contributed by atoms with E-state index in [9.17, 15) is 4.39 Å². The predicted octanol–water partition coefficient (Wildman–Crippen LogP) is 3.71. The maximum absolute atomic E-state index is 16.5. The Kier molecular flexibility index (Phi) is 5.18. The molecule has 0 amide bonds. The average Bonchev–Trinajstić information content (AvgIpc) is 2.76. The van der Waals surface area contributed by atoms with Crippen LogP contribution in [0, 0.1) is 5.82 Å². The van der Waals surface area contributed by atoms with E-state index >= 15 is 4.39 Å². The van der Waals surface area contributed by atoms with Gasteiger partial charge in [0.05, 0.1) is 0 Å². The molecule has 0 fully saturated rings. The Morgan fingerprint density at radius 2 is 1.07 bits per heavy atom. The Morgan fingerprint density at radius 3 is 1.46 bits per heavy atom. The summed E-state index contributed by atoms with van der Waals surface area (Å²) in [7, 11) is -3.24. The van der Waals surface area contributed by atoms with Crippen molar-refractivity contribution in [2.45, 2.75) is 5.91 Å². The number of halogens is 2. The third kappa shape index (κ3) is 3.19. The van der Waals surface area contributed by atoms with Gasteiger partial charge in [-0.1, -0.05) is 0 Å². The SMILES string of the molecule is Fc1cccc(C(F)[PH](c2ccncc2)(c2ccncc2)c2ccncc2)c1. The van der Waals surface area contributed by atoms with E-state index in [1.165, 1.54) is 12.1 Å². The van der Waals surface area contributed by atoms with E-state index in [2.05, 4.69) is 15.0 Å². The van der Waals surface area contributed by atoms with Crippen LogP contribution in [0.3, 0.4) is 0 Å². The molecule has 1 unspecified atom stereocenters. The summed E-state index contributed by atoms with van der Waals surface area (Å²) < 4.78 is 30.5. The van der Waals surface area contributed by atoms with Crippen LogP contribution >= 0.6 is 7.26 Å². The number of alkyl halides is 1. The molecule has 4 rings (SSSR count). The Bertz CT molecular complexity index is 950. The number of nitrogens with zero attached hydrogens (tertiary/aromatic N) is 3. The molecular formula is C22H18F2N3P. The number of rotatable bonds is 5. The van der Waals surface area contributed by atoms with E-state index in [0.29, 0.717) is 5.56 Å². The van der Waals surface area contributed by atoms with E-state index < -0.39 is 19.0 Å². The van der Waals surface area contributed by atoms with Gasteiger partial charge in [-0.25, -0.2) is 0 Å². The van der Waals surface area contributed by atoms with Crippen molar-refractivity contribution in [1.29, 1.82) is 0 Å². The van der Waals surface area contributed by atoms with Crippen LogP contribution in [0.25, 0.3) is 0 Å². The molecule has 28 heavy (non-hydrogen) atoms. The van der Waals surface area contributed by atoms with Gasteiger partial charge in [-0.05, 0) is 0 Å². The van der Waals surface area contributed by atoms with Crippen LogP contribution < -0.4 is 15.9 Å². The van der Waals surface area contributed by atoms with Gasteiger partial charge >= 0.3 is 162 Å². The average molecular weight is 393 g/mol. The Labute approximate surface area is 162 Å². The van der Waals surface area contributed by atoms with Crippen molar-refractivity contribution in [3.8, 4) is 0 Å². The van der Waals surface area contributed by atoms with Crippen LogP contribution in [-0.2, 0) is 0 Å². The second kappa shape index (κ2) is 7.91. The minimum atomic E-state index is -3.24. The molecule has 140 valence electrons. The standard InChI is InChI=1S/C22H18F2N3P/c23-18-3-1-2-17(16-18)22(24)28(19-4-10-25-11-5-19,20-6-12-26-13-7-20)21-8-14-27-15-9-21/h1-16,22,28H. The van der Waals surface area contributed by atoms with Crippen molar-refractivity contribution < 1.29 is 8.78 Å². The van der Waals surface area contributed by atoms with Gasteiger partial charge < -0.3 is 0 Å². The monoisotopic (exact) mass is 393 g/mol. The molecule has 1 atom stereocenters. The molecule has 0 spiro atoms. The van der Waals surface area contributed by atoms with E-state index in [4.69, 9.17) is 0 Å². The summed E-state index contributed by atoms with van der Waals surface area (Å²) in [6.07, 6.45) is 9.99. The van der Waals surface area contributed by atoms with Crippen LogP contribution in [0.2, 0.25) is 0 Å². The third-order valence-electron chi connectivity index (χ3n) is 4.93. The summed E-state index contributed by atoms with van der Waals surface area (Å²) in [5.41, 5.74) is 0.317. The molecule has 4 aromatic rings. The zero-order chi connectivity index (χ0) is 19.4. The molecule has 3 heterocycles. The summed E-state index contributed by atoms with van der Waals surface area (Å²) in [5.74, 6) is -1.88. The van der Waals surface area contributed by atoms with Crippen molar-refractivity contribution in [2.24, 2.45) is 0 Å². The molecule has 0 radical (unpaired) electrons. The topological polar surface area (TPSA) is 38.7 Å².